The number of benzene rings is 1. The van der Waals surface area contributed by atoms with Crippen molar-refractivity contribution >= 4 is 23.5 Å². The van der Waals surface area contributed by atoms with Gasteiger partial charge in [-0.2, -0.15) is 0 Å². The molecule has 1 saturated heterocycles. The van der Waals surface area contributed by atoms with E-state index in [2.05, 4.69) is 0 Å². The highest BCUT2D eigenvalue weighted by Crippen LogP contribution is 2.16. The van der Waals surface area contributed by atoms with Gasteiger partial charge < -0.3 is 10.6 Å². The van der Waals surface area contributed by atoms with Crippen LogP contribution in [-0.4, -0.2) is 22.8 Å². The first kappa shape index (κ1) is 11.1. The van der Waals surface area contributed by atoms with Crippen LogP contribution in [0.15, 0.2) is 24.3 Å². The van der Waals surface area contributed by atoms with Gasteiger partial charge in [0.25, 0.3) is 11.8 Å². The zero-order chi connectivity index (χ0) is 12.4. The summed E-state index contributed by atoms with van der Waals surface area (Å²) in [5.41, 5.74) is 5.93. The molecule has 2 N–H and O–H groups in total. The minimum atomic E-state index is -0.813. The van der Waals surface area contributed by atoms with Gasteiger partial charge in [0.1, 0.15) is 0 Å². The largest absolute Gasteiger partial charge is 0.398 e. The van der Waals surface area contributed by atoms with Crippen molar-refractivity contribution in [3.8, 4) is 0 Å². The van der Waals surface area contributed by atoms with Crippen LogP contribution in [-0.2, 0) is 14.4 Å². The molecule has 0 aromatic heterocycles. The van der Waals surface area contributed by atoms with Crippen LogP contribution >= 0.6 is 0 Å². The summed E-state index contributed by atoms with van der Waals surface area (Å²) in [7, 11) is 0. The fourth-order valence-electron chi connectivity index (χ4n) is 1.47. The number of hydrogen-bond acceptors (Lipinski definition) is 5. The van der Waals surface area contributed by atoms with Crippen LogP contribution in [0.3, 0.4) is 0 Å². The van der Waals surface area contributed by atoms with Crippen LogP contribution in [0, 0.1) is 0 Å². The molecule has 0 saturated carbocycles. The molecule has 1 aliphatic heterocycles. The molecule has 0 bridgehead atoms. The lowest BCUT2D eigenvalue weighted by Crippen LogP contribution is -2.32. The van der Waals surface area contributed by atoms with Crippen LogP contribution in [0.5, 0.6) is 0 Å². The molecule has 0 spiro atoms. The van der Waals surface area contributed by atoms with Crippen molar-refractivity contribution in [2.45, 2.75) is 12.8 Å². The quantitative estimate of drug-likeness (QED) is 0.594. The van der Waals surface area contributed by atoms with Crippen LogP contribution in [0.25, 0.3) is 0 Å². The molecule has 0 atom stereocenters. The van der Waals surface area contributed by atoms with Crippen molar-refractivity contribution in [3.63, 3.8) is 0 Å². The first-order valence-electron chi connectivity index (χ1n) is 5.02. The third-order valence-electron chi connectivity index (χ3n) is 2.36. The Labute approximate surface area is 96.9 Å². The number of nitrogens with zero attached hydrogens (tertiary/aromatic N) is 1. The minimum absolute atomic E-state index is 0.0659. The number of imide groups is 1. The Bertz CT molecular complexity index is 482. The van der Waals surface area contributed by atoms with Crippen molar-refractivity contribution in [1.29, 1.82) is 0 Å². The number of anilines is 1. The van der Waals surface area contributed by atoms with Gasteiger partial charge in [-0.15, -0.1) is 5.06 Å². The van der Waals surface area contributed by atoms with Crippen molar-refractivity contribution in [3.05, 3.63) is 29.8 Å². The number of rotatable bonds is 2. The monoisotopic (exact) mass is 234 g/mol. The number of carbonyl (C=O) groups is 3. The molecule has 6 heteroatoms. The third kappa shape index (κ3) is 2.10. The van der Waals surface area contributed by atoms with Gasteiger partial charge >= 0.3 is 5.97 Å². The Morgan fingerprint density at radius 3 is 2.35 bits per heavy atom. The Balaban J connectivity index is 2.15. The van der Waals surface area contributed by atoms with Gasteiger partial charge in [-0.05, 0) is 12.1 Å². The summed E-state index contributed by atoms with van der Waals surface area (Å²) in [5.74, 6) is -1.84. The van der Waals surface area contributed by atoms with Gasteiger partial charge in [0, 0.05) is 18.5 Å². The number of amides is 2. The van der Waals surface area contributed by atoms with E-state index in [9.17, 15) is 14.4 Å². The molecule has 17 heavy (non-hydrogen) atoms. The van der Waals surface area contributed by atoms with E-state index in [0.29, 0.717) is 5.06 Å². The van der Waals surface area contributed by atoms with E-state index in [0.717, 1.165) is 0 Å². The second-order valence-electron chi connectivity index (χ2n) is 3.55. The first-order valence-corrected chi connectivity index (χ1v) is 5.02. The van der Waals surface area contributed by atoms with E-state index in [-0.39, 0.29) is 24.1 Å². The van der Waals surface area contributed by atoms with Gasteiger partial charge in [-0.1, -0.05) is 12.1 Å². The van der Waals surface area contributed by atoms with E-state index < -0.39 is 17.8 Å². The zero-order valence-corrected chi connectivity index (χ0v) is 8.88. The van der Waals surface area contributed by atoms with Gasteiger partial charge in [-0.25, -0.2) is 4.79 Å². The van der Waals surface area contributed by atoms with Crippen molar-refractivity contribution in [1.82, 2.24) is 5.06 Å². The highest BCUT2D eigenvalue weighted by atomic mass is 16.7. The smallest absolute Gasteiger partial charge is 0.365 e. The van der Waals surface area contributed by atoms with Gasteiger partial charge in [-0.3, -0.25) is 9.59 Å². The molecule has 1 heterocycles. The summed E-state index contributed by atoms with van der Waals surface area (Å²) in [4.78, 5) is 38.8. The molecule has 1 aromatic rings. The highest BCUT2D eigenvalue weighted by Gasteiger charge is 2.33. The molecule has 2 amide bonds. The van der Waals surface area contributed by atoms with Gasteiger partial charge in [0.2, 0.25) is 0 Å². The third-order valence-corrected chi connectivity index (χ3v) is 2.36. The predicted molar refractivity (Wildman–Crippen MR) is 57.4 cm³/mol. The van der Waals surface area contributed by atoms with Crippen molar-refractivity contribution in [2.75, 3.05) is 5.73 Å². The predicted octanol–water partition coefficient (Wildman–Crippen LogP) is 0.490. The van der Waals surface area contributed by atoms with Crippen LogP contribution < -0.4 is 5.73 Å². The molecule has 0 unspecified atom stereocenters. The van der Waals surface area contributed by atoms with E-state index in [4.69, 9.17) is 10.6 Å². The van der Waals surface area contributed by atoms with E-state index in [1.807, 2.05) is 0 Å². The molecule has 1 aliphatic rings. The molecule has 0 aliphatic carbocycles. The molecule has 88 valence electrons. The molecule has 1 aromatic carbocycles. The SMILES string of the molecule is Nc1ccccc1C(=O)ON1C(=O)CCC1=O. The zero-order valence-electron chi connectivity index (χ0n) is 8.88. The first-order chi connectivity index (χ1) is 8.09. The average molecular weight is 234 g/mol. The van der Waals surface area contributed by atoms with Crippen molar-refractivity contribution < 1.29 is 19.2 Å². The lowest BCUT2D eigenvalue weighted by molar-refractivity contribution is -0.172. The lowest BCUT2D eigenvalue weighted by atomic mass is 10.2. The van der Waals surface area contributed by atoms with E-state index >= 15 is 0 Å². The Hall–Kier alpha value is -2.37. The molecule has 2 rings (SSSR count). The average Bonchev–Trinajstić information content (AvgIpc) is 2.61. The summed E-state index contributed by atoms with van der Waals surface area (Å²) >= 11 is 0. The fraction of sp³-hybridized carbons (Fsp3) is 0.182. The summed E-state index contributed by atoms with van der Waals surface area (Å²) in [5, 5.41) is 0.495. The summed E-state index contributed by atoms with van der Waals surface area (Å²) in [6, 6.07) is 6.27. The summed E-state index contributed by atoms with van der Waals surface area (Å²) in [6.45, 7) is 0. The second kappa shape index (κ2) is 4.25. The van der Waals surface area contributed by atoms with Gasteiger partial charge in [0.15, 0.2) is 0 Å². The molecule has 6 nitrogen and oxygen atoms in total. The molecule has 0 radical (unpaired) electrons. The van der Waals surface area contributed by atoms with Crippen LogP contribution in [0.4, 0.5) is 5.69 Å². The maximum absolute atomic E-state index is 11.7. The summed E-state index contributed by atoms with van der Waals surface area (Å²) in [6.07, 6.45) is 0.132. The number of nitrogen functional groups attached to an aromatic ring is 1. The Kier molecular flexibility index (Phi) is 2.78. The van der Waals surface area contributed by atoms with Gasteiger partial charge in [0.05, 0.1) is 5.56 Å². The lowest BCUT2D eigenvalue weighted by Gasteiger charge is -2.13. The topological polar surface area (TPSA) is 89.7 Å². The Morgan fingerprint density at radius 1 is 1.18 bits per heavy atom. The summed E-state index contributed by atoms with van der Waals surface area (Å²) < 4.78 is 0. The molecular formula is C11H10N2O4. The number of hydroxylamine groups is 2. The van der Waals surface area contributed by atoms with Crippen LogP contribution in [0.2, 0.25) is 0 Å². The second-order valence-corrected chi connectivity index (χ2v) is 3.55. The maximum Gasteiger partial charge on any atom is 0.365 e. The number of hydrogen-bond donors (Lipinski definition) is 1. The molecule has 1 fully saturated rings. The fourth-order valence-corrected chi connectivity index (χ4v) is 1.47. The maximum atomic E-state index is 11.7. The van der Waals surface area contributed by atoms with E-state index in [1.165, 1.54) is 12.1 Å². The highest BCUT2D eigenvalue weighted by molar-refractivity contribution is 6.03. The van der Waals surface area contributed by atoms with Crippen molar-refractivity contribution in [2.24, 2.45) is 0 Å². The molecular weight excluding hydrogens is 224 g/mol. The van der Waals surface area contributed by atoms with Crippen LogP contribution in [0.1, 0.15) is 23.2 Å². The minimum Gasteiger partial charge on any atom is -0.398 e. The standard InChI is InChI=1S/C11H10N2O4/c12-8-4-2-1-3-7(8)11(16)17-13-9(14)5-6-10(13)15/h1-4H,5-6,12H2. The number of para-hydroxylation sites is 1. The number of carbonyl (C=O) groups excluding carboxylic acids is 3. The van der Waals surface area contributed by atoms with E-state index in [1.54, 1.807) is 12.1 Å². The Morgan fingerprint density at radius 2 is 1.76 bits per heavy atom. The number of nitrogens with two attached hydrogens (primary N) is 1. The normalized spacial score (nSPS) is 15.2.